The Kier molecular flexibility index (Phi) is 5.16. The van der Waals surface area contributed by atoms with Crippen LogP contribution in [0.3, 0.4) is 0 Å². The van der Waals surface area contributed by atoms with Crippen LogP contribution in [0.5, 0.6) is 0 Å². The van der Waals surface area contributed by atoms with Crippen LogP contribution in [0, 0.1) is 5.92 Å². The molecule has 17 heavy (non-hydrogen) atoms. The summed E-state index contributed by atoms with van der Waals surface area (Å²) in [6.45, 7) is 1.56. The molecule has 0 aliphatic rings. The average Bonchev–Trinajstić information content (AvgIpc) is 2.35. The molecule has 4 heteroatoms. The zero-order valence-electron chi connectivity index (χ0n) is 9.85. The lowest BCUT2D eigenvalue weighted by atomic mass is 9.94. The second-order valence-corrected chi connectivity index (χ2v) is 4.44. The van der Waals surface area contributed by atoms with Crippen molar-refractivity contribution in [1.29, 1.82) is 0 Å². The SMILES string of the molecule is COC(=O)C(Cc1ccccc1)C(=O)C(C)Cl. The summed E-state index contributed by atoms with van der Waals surface area (Å²) in [7, 11) is 1.27. The van der Waals surface area contributed by atoms with Crippen LogP contribution < -0.4 is 0 Å². The first-order valence-electron chi connectivity index (χ1n) is 5.35. The average molecular weight is 255 g/mol. The molecular formula is C13H15ClO3. The van der Waals surface area contributed by atoms with Crippen molar-refractivity contribution in [2.45, 2.75) is 18.7 Å². The standard InChI is InChI=1S/C13H15ClO3/c1-9(14)12(15)11(13(16)17-2)8-10-6-4-3-5-7-10/h3-7,9,11H,8H2,1-2H3. The summed E-state index contributed by atoms with van der Waals surface area (Å²) < 4.78 is 4.64. The number of ether oxygens (including phenoxy) is 1. The molecule has 92 valence electrons. The maximum absolute atomic E-state index is 11.8. The van der Waals surface area contributed by atoms with Crippen molar-refractivity contribution in [3.63, 3.8) is 0 Å². The maximum Gasteiger partial charge on any atom is 0.316 e. The molecule has 0 spiro atoms. The van der Waals surface area contributed by atoms with Gasteiger partial charge in [-0.1, -0.05) is 30.3 Å². The third-order valence-corrected chi connectivity index (χ3v) is 2.72. The summed E-state index contributed by atoms with van der Waals surface area (Å²) in [5.74, 6) is -1.66. The number of halogens is 1. The number of hydrogen-bond donors (Lipinski definition) is 0. The van der Waals surface area contributed by atoms with E-state index in [4.69, 9.17) is 11.6 Å². The van der Waals surface area contributed by atoms with Crippen molar-refractivity contribution in [1.82, 2.24) is 0 Å². The Morgan fingerprint density at radius 3 is 2.35 bits per heavy atom. The first kappa shape index (κ1) is 13.7. The lowest BCUT2D eigenvalue weighted by Gasteiger charge is -2.14. The number of esters is 1. The fourth-order valence-corrected chi connectivity index (χ4v) is 1.72. The van der Waals surface area contributed by atoms with Gasteiger partial charge in [-0.2, -0.15) is 0 Å². The van der Waals surface area contributed by atoms with Crippen molar-refractivity contribution in [2.24, 2.45) is 5.92 Å². The van der Waals surface area contributed by atoms with Gasteiger partial charge in [-0.25, -0.2) is 0 Å². The van der Waals surface area contributed by atoms with Crippen LogP contribution in [-0.4, -0.2) is 24.2 Å². The second kappa shape index (κ2) is 6.40. The van der Waals surface area contributed by atoms with Crippen LogP contribution in [0.2, 0.25) is 0 Å². The van der Waals surface area contributed by atoms with Crippen molar-refractivity contribution in [3.05, 3.63) is 35.9 Å². The summed E-state index contributed by atoms with van der Waals surface area (Å²) in [6, 6.07) is 9.32. The summed E-state index contributed by atoms with van der Waals surface area (Å²) in [5, 5.41) is -0.692. The van der Waals surface area contributed by atoms with Gasteiger partial charge in [0.05, 0.1) is 12.5 Å². The molecule has 0 fully saturated rings. The number of carbonyl (C=O) groups is 2. The van der Waals surface area contributed by atoms with Gasteiger partial charge in [-0.05, 0) is 18.9 Å². The molecule has 0 radical (unpaired) electrons. The van der Waals surface area contributed by atoms with E-state index in [0.29, 0.717) is 6.42 Å². The molecular weight excluding hydrogens is 240 g/mol. The van der Waals surface area contributed by atoms with Crippen LogP contribution in [0.25, 0.3) is 0 Å². The zero-order valence-corrected chi connectivity index (χ0v) is 10.6. The summed E-state index contributed by atoms with van der Waals surface area (Å²) in [5.41, 5.74) is 0.911. The van der Waals surface area contributed by atoms with E-state index in [0.717, 1.165) is 5.56 Å². The number of Topliss-reactive ketones (excluding diaryl/α,β-unsaturated/α-hetero) is 1. The molecule has 0 aliphatic heterocycles. The Morgan fingerprint density at radius 2 is 1.88 bits per heavy atom. The van der Waals surface area contributed by atoms with E-state index in [1.54, 1.807) is 6.92 Å². The largest absolute Gasteiger partial charge is 0.468 e. The lowest BCUT2D eigenvalue weighted by Crippen LogP contribution is -2.31. The molecule has 0 bridgehead atoms. The van der Waals surface area contributed by atoms with Gasteiger partial charge in [0.1, 0.15) is 5.92 Å². The first-order valence-corrected chi connectivity index (χ1v) is 5.79. The third kappa shape index (κ3) is 3.86. The topological polar surface area (TPSA) is 43.4 Å². The smallest absolute Gasteiger partial charge is 0.316 e. The molecule has 1 rings (SSSR count). The predicted octanol–water partition coefficient (Wildman–Crippen LogP) is 2.21. The van der Waals surface area contributed by atoms with Crippen LogP contribution in [0.1, 0.15) is 12.5 Å². The third-order valence-electron chi connectivity index (χ3n) is 2.50. The molecule has 0 aliphatic carbocycles. The summed E-state index contributed by atoms with van der Waals surface area (Å²) in [6.07, 6.45) is 0.323. The second-order valence-electron chi connectivity index (χ2n) is 3.78. The van der Waals surface area contributed by atoms with Crippen molar-refractivity contribution in [2.75, 3.05) is 7.11 Å². The van der Waals surface area contributed by atoms with Crippen molar-refractivity contribution in [3.8, 4) is 0 Å². The van der Waals surface area contributed by atoms with Gasteiger partial charge < -0.3 is 4.74 Å². The normalized spacial score (nSPS) is 13.8. The first-order chi connectivity index (χ1) is 8.06. The molecule has 0 heterocycles. The molecule has 1 aromatic carbocycles. The molecule has 0 saturated heterocycles. The van der Waals surface area contributed by atoms with Gasteiger partial charge in [-0.15, -0.1) is 11.6 Å². The van der Waals surface area contributed by atoms with E-state index in [2.05, 4.69) is 4.74 Å². The Morgan fingerprint density at radius 1 is 1.29 bits per heavy atom. The molecule has 1 aromatic rings. The molecule has 0 aromatic heterocycles. The number of alkyl halides is 1. The Bertz CT molecular complexity index is 387. The zero-order chi connectivity index (χ0) is 12.8. The number of benzene rings is 1. The molecule has 2 atom stereocenters. The number of carbonyl (C=O) groups excluding carboxylic acids is 2. The molecule has 2 unspecified atom stereocenters. The van der Waals surface area contributed by atoms with E-state index in [9.17, 15) is 9.59 Å². The lowest BCUT2D eigenvalue weighted by molar-refractivity contribution is -0.149. The van der Waals surface area contributed by atoms with Gasteiger partial charge in [0, 0.05) is 0 Å². The Hall–Kier alpha value is -1.35. The quantitative estimate of drug-likeness (QED) is 0.460. The van der Waals surface area contributed by atoms with Crippen molar-refractivity contribution >= 4 is 23.4 Å². The Labute approximate surface area is 106 Å². The highest BCUT2D eigenvalue weighted by atomic mass is 35.5. The number of hydrogen-bond acceptors (Lipinski definition) is 3. The van der Waals surface area contributed by atoms with E-state index in [1.807, 2.05) is 30.3 Å². The van der Waals surface area contributed by atoms with Gasteiger partial charge in [0.2, 0.25) is 0 Å². The van der Waals surface area contributed by atoms with E-state index in [-0.39, 0.29) is 5.78 Å². The fourth-order valence-electron chi connectivity index (χ4n) is 1.57. The maximum atomic E-state index is 11.8. The van der Waals surface area contributed by atoms with Crippen molar-refractivity contribution < 1.29 is 14.3 Å². The van der Waals surface area contributed by atoms with Crippen LogP contribution in [-0.2, 0) is 20.7 Å². The van der Waals surface area contributed by atoms with Gasteiger partial charge >= 0.3 is 5.97 Å². The van der Waals surface area contributed by atoms with Crippen LogP contribution >= 0.6 is 11.6 Å². The predicted molar refractivity (Wildman–Crippen MR) is 66.0 cm³/mol. The van der Waals surface area contributed by atoms with Gasteiger partial charge in [0.25, 0.3) is 0 Å². The minimum absolute atomic E-state index is 0.303. The minimum Gasteiger partial charge on any atom is -0.468 e. The van der Waals surface area contributed by atoms with E-state index < -0.39 is 17.3 Å². The Balaban J connectivity index is 2.85. The monoisotopic (exact) mass is 254 g/mol. The molecule has 3 nitrogen and oxygen atoms in total. The number of rotatable bonds is 5. The fraction of sp³-hybridized carbons (Fsp3) is 0.385. The van der Waals surface area contributed by atoms with Gasteiger partial charge in [0.15, 0.2) is 5.78 Å². The van der Waals surface area contributed by atoms with Gasteiger partial charge in [-0.3, -0.25) is 9.59 Å². The summed E-state index contributed by atoms with van der Waals surface area (Å²) in [4.78, 5) is 23.4. The molecule has 0 amide bonds. The highest BCUT2D eigenvalue weighted by Gasteiger charge is 2.30. The number of ketones is 1. The summed E-state index contributed by atoms with van der Waals surface area (Å²) >= 11 is 5.73. The number of methoxy groups -OCH3 is 1. The van der Waals surface area contributed by atoms with E-state index >= 15 is 0 Å². The van der Waals surface area contributed by atoms with Crippen LogP contribution in [0.4, 0.5) is 0 Å². The highest BCUT2D eigenvalue weighted by Crippen LogP contribution is 2.15. The molecule has 0 N–H and O–H groups in total. The highest BCUT2D eigenvalue weighted by molar-refractivity contribution is 6.32. The molecule has 0 saturated carbocycles. The van der Waals surface area contributed by atoms with Crippen LogP contribution in [0.15, 0.2) is 30.3 Å². The minimum atomic E-state index is -0.824. The van der Waals surface area contributed by atoms with E-state index in [1.165, 1.54) is 7.11 Å².